The Balaban J connectivity index is 1.47. The number of carbonyl (C=O) groups is 1. The van der Waals surface area contributed by atoms with Gasteiger partial charge in [-0.3, -0.25) is 9.69 Å². The lowest BCUT2D eigenvalue weighted by Crippen LogP contribution is -2.55. The first kappa shape index (κ1) is 22.1. The molecule has 3 fully saturated rings. The Morgan fingerprint density at radius 1 is 1.18 bits per heavy atom. The number of hydrogen-bond acceptors (Lipinski definition) is 5. The predicted molar refractivity (Wildman–Crippen MR) is 127 cm³/mol. The summed E-state index contributed by atoms with van der Waals surface area (Å²) in [6.45, 7) is 0. The van der Waals surface area contributed by atoms with Crippen LogP contribution in [-0.2, 0) is 4.79 Å². The maximum atomic E-state index is 15.1. The van der Waals surface area contributed by atoms with Crippen molar-refractivity contribution in [3.63, 3.8) is 0 Å². The van der Waals surface area contributed by atoms with Crippen LogP contribution < -0.4 is 14.5 Å². The minimum absolute atomic E-state index is 0.0376. The van der Waals surface area contributed by atoms with E-state index in [0.29, 0.717) is 24.2 Å². The van der Waals surface area contributed by atoms with Gasteiger partial charge in [-0.1, -0.05) is 18.0 Å². The summed E-state index contributed by atoms with van der Waals surface area (Å²) < 4.78 is 21.0. The number of hydrogen-bond donors (Lipinski definition) is 0. The van der Waals surface area contributed by atoms with Crippen LogP contribution in [0.3, 0.4) is 0 Å². The lowest BCUT2D eigenvalue weighted by atomic mass is 9.75. The molecule has 6 nitrogen and oxygen atoms in total. The standard InChI is InChI=1S/C24H22ClFN4O2S/c25-18-11-16(14-28-20(18)13-27)29-22(31)24(9-4-10-24)30(23(29)33)15-7-8-21(19(26)12-15)32-17-5-2-1-3-6-17/h7-8,11-12,14,17H,1-6,9-10H2. The number of aromatic nitrogens is 1. The molecule has 3 aliphatic rings. The molecule has 1 aromatic heterocycles. The number of carbonyl (C=O) groups excluding carboxylic acids is 1. The quantitative estimate of drug-likeness (QED) is 0.532. The predicted octanol–water partition coefficient (Wildman–Crippen LogP) is 5.52. The normalized spacial score (nSPS) is 20.2. The highest BCUT2D eigenvalue weighted by molar-refractivity contribution is 7.81. The first-order valence-corrected chi connectivity index (χ1v) is 11.9. The number of rotatable bonds is 4. The lowest BCUT2D eigenvalue weighted by Gasteiger charge is -2.43. The fourth-order valence-electron chi connectivity index (χ4n) is 4.93. The Kier molecular flexibility index (Phi) is 5.71. The number of halogens is 2. The molecule has 170 valence electrons. The second-order valence-electron chi connectivity index (χ2n) is 8.77. The van der Waals surface area contributed by atoms with Gasteiger partial charge in [0.25, 0.3) is 5.91 Å². The van der Waals surface area contributed by atoms with Crippen molar-refractivity contribution in [3.05, 3.63) is 47.0 Å². The molecule has 0 bridgehead atoms. The van der Waals surface area contributed by atoms with Crippen LogP contribution in [0.4, 0.5) is 15.8 Å². The zero-order valence-corrected chi connectivity index (χ0v) is 19.5. The third kappa shape index (κ3) is 3.64. The van der Waals surface area contributed by atoms with Crippen LogP contribution in [-0.4, -0.2) is 27.6 Å². The summed E-state index contributed by atoms with van der Waals surface area (Å²) in [5.41, 5.74) is 0.122. The van der Waals surface area contributed by atoms with Gasteiger partial charge in [-0.2, -0.15) is 5.26 Å². The van der Waals surface area contributed by atoms with E-state index >= 15 is 4.39 Å². The van der Waals surface area contributed by atoms with Gasteiger partial charge in [-0.25, -0.2) is 9.37 Å². The van der Waals surface area contributed by atoms with Crippen LogP contribution in [0.15, 0.2) is 30.5 Å². The van der Waals surface area contributed by atoms with E-state index in [9.17, 15) is 4.79 Å². The van der Waals surface area contributed by atoms with Crippen molar-refractivity contribution < 1.29 is 13.9 Å². The smallest absolute Gasteiger partial charge is 0.259 e. The summed E-state index contributed by atoms with van der Waals surface area (Å²) in [6, 6.07) is 8.19. The van der Waals surface area contributed by atoms with E-state index < -0.39 is 11.4 Å². The van der Waals surface area contributed by atoms with Crippen molar-refractivity contribution in [3.8, 4) is 11.8 Å². The average Bonchev–Trinajstić information content (AvgIpc) is 3.02. The lowest BCUT2D eigenvalue weighted by molar-refractivity contribution is -0.123. The first-order valence-electron chi connectivity index (χ1n) is 11.2. The average molecular weight is 485 g/mol. The Morgan fingerprint density at radius 2 is 1.94 bits per heavy atom. The molecule has 2 aliphatic carbocycles. The Bertz CT molecular complexity index is 1170. The monoisotopic (exact) mass is 484 g/mol. The van der Waals surface area contributed by atoms with Gasteiger partial charge in [0.05, 0.1) is 23.0 Å². The van der Waals surface area contributed by atoms with E-state index in [0.717, 1.165) is 32.1 Å². The molecule has 1 aromatic carbocycles. The molecule has 1 saturated heterocycles. The molecule has 1 aliphatic heterocycles. The van der Waals surface area contributed by atoms with Crippen LogP contribution in [0.2, 0.25) is 5.02 Å². The van der Waals surface area contributed by atoms with Gasteiger partial charge >= 0.3 is 0 Å². The molecule has 0 atom stereocenters. The zero-order chi connectivity index (χ0) is 23.2. The van der Waals surface area contributed by atoms with Crippen LogP contribution in [0.25, 0.3) is 0 Å². The van der Waals surface area contributed by atoms with Gasteiger partial charge in [0, 0.05) is 11.8 Å². The maximum Gasteiger partial charge on any atom is 0.259 e. The summed E-state index contributed by atoms with van der Waals surface area (Å²) in [6.07, 6.45) is 8.81. The molecular formula is C24H22ClFN4O2S. The van der Waals surface area contributed by atoms with Gasteiger partial charge < -0.3 is 9.64 Å². The number of pyridine rings is 1. The van der Waals surface area contributed by atoms with Crippen LogP contribution in [0.1, 0.15) is 57.1 Å². The summed E-state index contributed by atoms with van der Waals surface area (Å²) in [4.78, 5) is 20.7. The Hall–Kier alpha value is -2.76. The van der Waals surface area contributed by atoms with Crippen molar-refractivity contribution in [2.45, 2.75) is 63.0 Å². The minimum Gasteiger partial charge on any atom is -0.487 e. The van der Waals surface area contributed by atoms with Crippen molar-refractivity contribution in [1.29, 1.82) is 5.26 Å². The second-order valence-corrected chi connectivity index (χ2v) is 9.54. The maximum absolute atomic E-state index is 15.1. The van der Waals surface area contributed by atoms with Gasteiger partial charge in [0.2, 0.25) is 0 Å². The second kappa shape index (κ2) is 8.54. The van der Waals surface area contributed by atoms with Gasteiger partial charge in [-0.05, 0) is 75.4 Å². The highest BCUT2D eigenvalue weighted by Crippen LogP contribution is 2.48. The number of nitriles is 1. The number of ether oxygens (including phenoxy) is 1. The molecule has 33 heavy (non-hydrogen) atoms. The van der Waals surface area contributed by atoms with Gasteiger partial charge in [0.1, 0.15) is 11.6 Å². The third-order valence-corrected chi connectivity index (χ3v) is 7.46. The number of nitrogens with zero attached hydrogens (tertiary/aromatic N) is 4. The molecule has 2 heterocycles. The van der Waals surface area contributed by atoms with E-state index in [4.69, 9.17) is 33.8 Å². The zero-order valence-electron chi connectivity index (χ0n) is 17.9. The van der Waals surface area contributed by atoms with Crippen molar-refractivity contribution in [2.24, 2.45) is 0 Å². The fourth-order valence-corrected chi connectivity index (χ4v) is 5.60. The molecular weight excluding hydrogens is 463 g/mol. The number of thiocarbonyl (C=S) groups is 1. The van der Waals surface area contributed by atoms with Crippen molar-refractivity contribution in [2.75, 3.05) is 9.80 Å². The third-order valence-electron chi connectivity index (χ3n) is 6.80. The van der Waals surface area contributed by atoms with E-state index in [2.05, 4.69) is 4.98 Å². The molecule has 1 amide bonds. The number of anilines is 2. The SMILES string of the molecule is N#Cc1ncc(N2C(=O)C3(CCC3)N(c3ccc(OC4CCCCC4)c(F)c3)C2=S)cc1Cl. The van der Waals surface area contributed by atoms with Crippen molar-refractivity contribution in [1.82, 2.24) is 4.98 Å². The first-order chi connectivity index (χ1) is 15.9. The van der Waals surface area contributed by atoms with Crippen LogP contribution in [0.5, 0.6) is 5.75 Å². The summed E-state index contributed by atoms with van der Waals surface area (Å²) in [5.74, 6) is -0.432. The van der Waals surface area contributed by atoms with Crippen LogP contribution in [0, 0.1) is 17.1 Å². The largest absolute Gasteiger partial charge is 0.487 e. The highest BCUT2D eigenvalue weighted by atomic mass is 35.5. The summed E-state index contributed by atoms with van der Waals surface area (Å²) >= 11 is 11.9. The molecule has 2 saturated carbocycles. The molecule has 9 heteroatoms. The molecule has 1 spiro atoms. The molecule has 0 unspecified atom stereocenters. The van der Waals surface area contributed by atoms with E-state index in [1.165, 1.54) is 29.7 Å². The number of benzene rings is 1. The Labute approximate surface area is 201 Å². The van der Waals surface area contributed by atoms with E-state index in [1.807, 2.05) is 6.07 Å². The number of amides is 1. The fraction of sp³-hybridized carbons (Fsp3) is 0.417. The molecule has 0 N–H and O–H groups in total. The molecule has 5 rings (SSSR count). The summed E-state index contributed by atoms with van der Waals surface area (Å²) in [5, 5.41) is 9.47. The molecule has 0 radical (unpaired) electrons. The Morgan fingerprint density at radius 3 is 2.55 bits per heavy atom. The summed E-state index contributed by atoms with van der Waals surface area (Å²) in [7, 11) is 0. The van der Waals surface area contributed by atoms with Crippen molar-refractivity contribution >= 4 is 46.2 Å². The minimum atomic E-state index is -0.852. The van der Waals surface area contributed by atoms with E-state index in [-0.39, 0.29) is 33.6 Å². The topological polar surface area (TPSA) is 69.5 Å². The van der Waals surface area contributed by atoms with Crippen LogP contribution >= 0.6 is 23.8 Å². The molecule has 2 aromatic rings. The van der Waals surface area contributed by atoms with E-state index in [1.54, 1.807) is 17.0 Å². The highest BCUT2D eigenvalue weighted by Gasteiger charge is 2.59. The van der Waals surface area contributed by atoms with Gasteiger partial charge in [-0.15, -0.1) is 0 Å². The van der Waals surface area contributed by atoms with Gasteiger partial charge in [0.15, 0.2) is 22.4 Å².